The number of ether oxygens (including phenoxy) is 2. The van der Waals surface area contributed by atoms with Crippen molar-refractivity contribution in [1.29, 1.82) is 0 Å². The van der Waals surface area contributed by atoms with Gasteiger partial charge in [-0.1, -0.05) is 0 Å². The van der Waals surface area contributed by atoms with Crippen molar-refractivity contribution in [3.05, 3.63) is 72.3 Å². The zero-order chi connectivity index (χ0) is 31.2. The second-order valence-corrected chi connectivity index (χ2v) is 10.9. The molecule has 0 aliphatic carbocycles. The second-order valence-electron chi connectivity index (χ2n) is 10.9. The van der Waals surface area contributed by atoms with Crippen molar-refractivity contribution in [2.45, 2.75) is 57.8 Å². The van der Waals surface area contributed by atoms with Gasteiger partial charge in [-0.25, -0.2) is 14.8 Å². The van der Waals surface area contributed by atoms with Gasteiger partial charge in [0, 0.05) is 29.7 Å². The van der Waals surface area contributed by atoms with Crippen LogP contribution in [0.2, 0.25) is 0 Å². The number of aliphatic hydroxyl groups excluding tert-OH is 2. The van der Waals surface area contributed by atoms with E-state index in [1.54, 1.807) is 24.4 Å². The predicted octanol–water partition coefficient (Wildman–Crippen LogP) is 4.13. The number of rotatable bonds is 12. The zero-order valence-corrected chi connectivity index (χ0v) is 24.5. The molecule has 230 valence electrons. The molecule has 2 aromatic heterocycles. The van der Waals surface area contributed by atoms with Crippen molar-refractivity contribution in [2.75, 3.05) is 18.5 Å². The van der Waals surface area contributed by atoms with E-state index in [0.29, 0.717) is 53.4 Å². The molecule has 3 heterocycles. The minimum Gasteiger partial charge on any atom is -0.491 e. The third-order valence-corrected chi connectivity index (χ3v) is 7.41. The van der Waals surface area contributed by atoms with Gasteiger partial charge in [0.05, 0.1) is 30.3 Å². The number of hydrogen-bond donors (Lipinski definition) is 4. The Morgan fingerprint density at radius 3 is 2.59 bits per heavy atom. The number of amides is 1. The van der Waals surface area contributed by atoms with Crippen LogP contribution in [-0.4, -0.2) is 78.4 Å². The minimum atomic E-state index is -1.13. The normalized spacial score (nSPS) is 16.0. The van der Waals surface area contributed by atoms with Crippen LogP contribution in [0.1, 0.15) is 36.9 Å². The number of carboxylic acids is 1. The van der Waals surface area contributed by atoms with Crippen LogP contribution in [0.3, 0.4) is 0 Å². The van der Waals surface area contributed by atoms with Crippen LogP contribution in [0, 0.1) is 13.8 Å². The summed E-state index contributed by atoms with van der Waals surface area (Å²) in [6.45, 7) is 4.09. The minimum absolute atomic E-state index is 0.0969. The molecule has 1 saturated heterocycles. The van der Waals surface area contributed by atoms with Gasteiger partial charge in [-0.05, 0) is 80.8 Å². The monoisotopic (exact) mass is 601 g/mol. The molecule has 1 amide bonds. The third-order valence-electron chi connectivity index (χ3n) is 7.41. The van der Waals surface area contributed by atoms with Crippen molar-refractivity contribution in [1.82, 2.24) is 19.9 Å². The van der Waals surface area contributed by atoms with E-state index in [4.69, 9.17) is 9.47 Å². The first-order valence-electron chi connectivity index (χ1n) is 14.4. The highest BCUT2D eigenvalue weighted by molar-refractivity contribution is 5.91. The fourth-order valence-corrected chi connectivity index (χ4v) is 5.14. The van der Waals surface area contributed by atoms with Crippen molar-refractivity contribution in [3.63, 3.8) is 0 Å². The van der Waals surface area contributed by atoms with Crippen molar-refractivity contribution < 1.29 is 34.4 Å². The maximum Gasteiger partial charge on any atom is 0.326 e. The first kappa shape index (κ1) is 30.6. The molecule has 0 bridgehead atoms. The standard InChI is InChI=1S/C32H35N5O7/c1-19-12-21(6-10-29(19)44-25-7-5-20(2)33-16-25)36-31-26-15-24(8-9-27(26)34-18-35-31)43-17-23(39)13-22(38)14-30(40)37-11-3-4-28(37)32(41)42/h5-10,12,15-16,18,22-23,28,38-39H,3-4,11,13-14,17H2,1-2H3,(H,41,42)(H,34,35,36). The number of aliphatic hydroxyl groups is 2. The summed E-state index contributed by atoms with van der Waals surface area (Å²) in [5, 5.41) is 34.1. The molecule has 4 N–H and O–H groups in total. The lowest BCUT2D eigenvalue weighted by Crippen LogP contribution is -2.42. The highest BCUT2D eigenvalue weighted by Gasteiger charge is 2.34. The summed E-state index contributed by atoms with van der Waals surface area (Å²) >= 11 is 0. The van der Waals surface area contributed by atoms with E-state index in [2.05, 4.69) is 20.3 Å². The number of carboxylic acid groups (broad SMARTS) is 1. The maximum atomic E-state index is 12.5. The number of aromatic nitrogens is 3. The SMILES string of the molecule is Cc1ccc(Oc2ccc(Nc3ncnc4ccc(OCC(O)CC(O)CC(=O)N5CCCC5C(=O)O)cc34)cc2C)cn1. The van der Waals surface area contributed by atoms with Crippen LogP contribution in [-0.2, 0) is 9.59 Å². The first-order valence-corrected chi connectivity index (χ1v) is 14.4. The number of carbonyl (C=O) groups is 2. The van der Waals surface area contributed by atoms with E-state index in [1.807, 2.05) is 44.2 Å². The third kappa shape index (κ3) is 7.57. The smallest absolute Gasteiger partial charge is 0.326 e. The molecule has 1 fully saturated rings. The number of hydrogen-bond acceptors (Lipinski definition) is 10. The molecule has 0 saturated carbocycles. The van der Waals surface area contributed by atoms with Gasteiger partial charge in [-0.15, -0.1) is 0 Å². The lowest BCUT2D eigenvalue weighted by atomic mass is 10.1. The van der Waals surface area contributed by atoms with E-state index < -0.39 is 30.1 Å². The molecule has 12 heteroatoms. The summed E-state index contributed by atoms with van der Waals surface area (Å²) in [5.41, 5.74) is 3.31. The van der Waals surface area contributed by atoms with E-state index in [-0.39, 0.29) is 19.4 Å². The van der Waals surface area contributed by atoms with Crippen molar-refractivity contribution in [2.24, 2.45) is 0 Å². The van der Waals surface area contributed by atoms with Gasteiger partial charge >= 0.3 is 5.97 Å². The fourth-order valence-electron chi connectivity index (χ4n) is 5.14. The molecule has 3 unspecified atom stereocenters. The number of aliphatic carboxylic acids is 1. The number of nitrogens with zero attached hydrogens (tertiary/aromatic N) is 4. The van der Waals surface area contributed by atoms with Crippen LogP contribution in [0.25, 0.3) is 10.9 Å². The van der Waals surface area contributed by atoms with Crippen LogP contribution in [0.4, 0.5) is 11.5 Å². The molecular weight excluding hydrogens is 566 g/mol. The average molecular weight is 602 g/mol. The molecule has 5 rings (SSSR count). The number of benzene rings is 2. The Labute approximate surface area is 254 Å². The van der Waals surface area contributed by atoms with Gasteiger partial charge in [0.25, 0.3) is 0 Å². The molecule has 1 aliphatic rings. The lowest BCUT2D eigenvalue weighted by Gasteiger charge is -2.23. The highest BCUT2D eigenvalue weighted by Crippen LogP contribution is 2.31. The Bertz CT molecular complexity index is 1630. The maximum absolute atomic E-state index is 12.5. The number of fused-ring (bicyclic) bond motifs is 1. The molecule has 4 aromatic rings. The van der Waals surface area contributed by atoms with Gasteiger partial charge in [0.1, 0.15) is 42.0 Å². The van der Waals surface area contributed by atoms with E-state index in [0.717, 1.165) is 16.9 Å². The number of aryl methyl sites for hydroxylation is 2. The molecule has 0 spiro atoms. The summed E-state index contributed by atoms with van der Waals surface area (Å²) in [6.07, 6.45) is 1.61. The average Bonchev–Trinajstić information content (AvgIpc) is 3.50. The van der Waals surface area contributed by atoms with Gasteiger partial charge in [0.2, 0.25) is 5.91 Å². The second kappa shape index (κ2) is 13.7. The Morgan fingerprint density at radius 1 is 1.02 bits per heavy atom. The summed E-state index contributed by atoms with van der Waals surface area (Å²) in [5.74, 6) is 0.898. The molecule has 1 aliphatic heterocycles. The first-order chi connectivity index (χ1) is 21.2. The van der Waals surface area contributed by atoms with Crippen molar-refractivity contribution in [3.8, 4) is 17.2 Å². The number of pyridine rings is 1. The Hall–Kier alpha value is -4.81. The van der Waals surface area contributed by atoms with Crippen LogP contribution in [0.15, 0.2) is 61.1 Å². The molecule has 2 aromatic carbocycles. The molecule has 12 nitrogen and oxygen atoms in total. The van der Waals surface area contributed by atoms with Crippen molar-refractivity contribution >= 4 is 34.3 Å². The van der Waals surface area contributed by atoms with Gasteiger partial charge < -0.3 is 35.0 Å². The summed E-state index contributed by atoms with van der Waals surface area (Å²) in [7, 11) is 0. The number of likely N-dealkylation sites (tertiary alicyclic amines) is 1. The van der Waals surface area contributed by atoms with Gasteiger partial charge in [-0.3, -0.25) is 9.78 Å². The molecular formula is C32H35N5O7. The summed E-state index contributed by atoms with van der Waals surface area (Å²) in [6, 6.07) is 13.9. The summed E-state index contributed by atoms with van der Waals surface area (Å²) in [4.78, 5) is 38.1. The zero-order valence-electron chi connectivity index (χ0n) is 24.5. The van der Waals surface area contributed by atoms with Crippen LogP contribution < -0.4 is 14.8 Å². The molecule has 3 atom stereocenters. The lowest BCUT2D eigenvalue weighted by molar-refractivity contribution is -0.149. The fraction of sp³-hybridized carbons (Fsp3) is 0.344. The van der Waals surface area contributed by atoms with E-state index in [9.17, 15) is 24.9 Å². The molecule has 0 radical (unpaired) electrons. The van der Waals surface area contributed by atoms with Crippen LogP contribution >= 0.6 is 0 Å². The molecule has 44 heavy (non-hydrogen) atoms. The van der Waals surface area contributed by atoms with E-state index in [1.165, 1.54) is 11.2 Å². The largest absolute Gasteiger partial charge is 0.491 e. The van der Waals surface area contributed by atoms with Gasteiger partial charge in [-0.2, -0.15) is 0 Å². The quantitative estimate of drug-likeness (QED) is 0.184. The van der Waals surface area contributed by atoms with E-state index >= 15 is 0 Å². The highest BCUT2D eigenvalue weighted by atomic mass is 16.5. The number of anilines is 2. The summed E-state index contributed by atoms with van der Waals surface area (Å²) < 4.78 is 11.8. The van der Waals surface area contributed by atoms with Gasteiger partial charge in [0.15, 0.2) is 0 Å². The van der Waals surface area contributed by atoms with Crippen LogP contribution in [0.5, 0.6) is 17.2 Å². The number of nitrogens with one attached hydrogen (secondary N) is 1. The predicted molar refractivity (Wildman–Crippen MR) is 162 cm³/mol. The Kier molecular flexibility index (Phi) is 9.51. The Morgan fingerprint density at radius 2 is 1.84 bits per heavy atom. The Balaban J connectivity index is 1.18. The topological polar surface area (TPSA) is 167 Å². The number of carbonyl (C=O) groups excluding carboxylic acids is 1.